The number of nitrogens with one attached hydrogen (secondary N) is 1. The van der Waals surface area contributed by atoms with Crippen LogP contribution in [-0.2, 0) is 0 Å². The fraction of sp³-hybridized carbons (Fsp3) is 0.250. The van der Waals surface area contributed by atoms with Crippen LogP contribution in [0.4, 0.5) is 0 Å². The van der Waals surface area contributed by atoms with Crippen molar-refractivity contribution in [1.82, 2.24) is 5.43 Å². The van der Waals surface area contributed by atoms with Crippen molar-refractivity contribution < 1.29 is 14.3 Å². The lowest BCUT2D eigenvalue weighted by atomic mass is 10.2. The van der Waals surface area contributed by atoms with Crippen LogP contribution in [0, 0.1) is 5.92 Å². The van der Waals surface area contributed by atoms with Gasteiger partial charge in [-0.1, -0.05) is 19.1 Å². The standard InChI is InChI=1S/C16H16N2O3/c1-10-8-13(10)15-7-6-11(21-15)9-17-18-16(20)12-4-2-3-5-14(12)19/h2-7,9-10,13,19H,8H2,1H3,(H,18,20)/b17-9-/t10-,13+/m0/s1. The minimum atomic E-state index is -0.466. The molecule has 2 N–H and O–H groups in total. The van der Waals surface area contributed by atoms with Gasteiger partial charge in [0.15, 0.2) is 0 Å². The van der Waals surface area contributed by atoms with Crippen LogP contribution in [-0.4, -0.2) is 17.2 Å². The Morgan fingerprint density at radius 3 is 2.86 bits per heavy atom. The van der Waals surface area contributed by atoms with Crippen molar-refractivity contribution >= 4 is 12.1 Å². The van der Waals surface area contributed by atoms with Crippen molar-refractivity contribution in [2.45, 2.75) is 19.3 Å². The maximum atomic E-state index is 11.8. The van der Waals surface area contributed by atoms with Gasteiger partial charge in [0.05, 0.1) is 11.8 Å². The van der Waals surface area contributed by atoms with Crippen molar-refractivity contribution in [2.24, 2.45) is 11.0 Å². The van der Waals surface area contributed by atoms with E-state index in [1.807, 2.05) is 12.1 Å². The van der Waals surface area contributed by atoms with Crippen LogP contribution in [0.2, 0.25) is 0 Å². The number of carbonyl (C=O) groups is 1. The van der Waals surface area contributed by atoms with Crippen LogP contribution < -0.4 is 5.43 Å². The van der Waals surface area contributed by atoms with E-state index < -0.39 is 5.91 Å². The lowest BCUT2D eigenvalue weighted by molar-refractivity contribution is 0.0952. The summed E-state index contributed by atoms with van der Waals surface area (Å²) in [6.07, 6.45) is 2.61. The first-order valence-corrected chi connectivity index (χ1v) is 6.86. The smallest absolute Gasteiger partial charge is 0.275 e. The summed E-state index contributed by atoms with van der Waals surface area (Å²) in [4.78, 5) is 11.8. The van der Waals surface area contributed by atoms with E-state index in [0.29, 0.717) is 17.6 Å². The number of hydrazone groups is 1. The average Bonchev–Trinajstić information content (AvgIpc) is 3.01. The van der Waals surface area contributed by atoms with Crippen LogP contribution in [0.25, 0.3) is 0 Å². The highest BCUT2D eigenvalue weighted by Crippen LogP contribution is 2.47. The van der Waals surface area contributed by atoms with Crippen LogP contribution in [0.15, 0.2) is 45.9 Å². The second-order valence-corrected chi connectivity index (χ2v) is 5.28. The number of furan rings is 1. The molecule has 1 amide bonds. The minimum Gasteiger partial charge on any atom is -0.507 e. The lowest BCUT2D eigenvalue weighted by Gasteiger charge is -2.01. The molecule has 0 unspecified atom stereocenters. The third-order valence-electron chi connectivity index (χ3n) is 3.63. The van der Waals surface area contributed by atoms with Gasteiger partial charge in [-0.3, -0.25) is 4.79 Å². The molecule has 5 nitrogen and oxygen atoms in total. The molecule has 21 heavy (non-hydrogen) atoms. The molecule has 1 heterocycles. The molecule has 1 fully saturated rings. The topological polar surface area (TPSA) is 74.8 Å². The Balaban J connectivity index is 1.61. The van der Waals surface area contributed by atoms with Crippen molar-refractivity contribution in [3.8, 4) is 5.75 Å². The molecule has 2 atom stereocenters. The number of rotatable bonds is 4. The average molecular weight is 284 g/mol. The maximum Gasteiger partial charge on any atom is 0.275 e. The van der Waals surface area contributed by atoms with E-state index in [9.17, 15) is 9.90 Å². The number of benzene rings is 1. The molecule has 0 bridgehead atoms. The monoisotopic (exact) mass is 284 g/mol. The van der Waals surface area contributed by atoms with Gasteiger partial charge in [0, 0.05) is 5.92 Å². The quantitative estimate of drug-likeness (QED) is 0.669. The van der Waals surface area contributed by atoms with Crippen LogP contribution in [0.1, 0.15) is 41.1 Å². The molecule has 1 aliphatic rings. The zero-order valence-corrected chi connectivity index (χ0v) is 11.6. The lowest BCUT2D eigenvalue weighted by Crippen LogP contribution is -2.17. The van der Waals surface area contributed by atoms with Gasteiger partial charge in [-0.2, -0.15) is 5.10 Å². The van der Waals surface area contributed by atoms with E-state index in [1.165, 1.54) is 18.3 Å². The van der Waals surface area contributed by atoms with E-state index in [1.54, 1.807) is 12.1 Å². The second kappa shape index (κ2) is 5.44. The van der Waals surface area contributed by atoms with E-state index in [4.69, 9.17) is 4.42 Å². The Morgan fingerprint density at radius 2 is 2.14 bits per heavy atom. The van der Waals surface area contributed by atoms with Crippen LogP contribution in [0.3, 0.4) is 0 Å². The van der Waals surface area contributed by atoms with E-state index >= 15 is 0 Å². The Morgan fingerprint density at radius 1 is 1.38 bits per heavy atom. The van der Waals surface area contributed by atoms with Crippen molar-refractivity contribution in [3.63, 3.8) is 0 Å². The number of phenols is 1. The molecule has 5 heteroatoms. The summed E-state index contributed by atoms with van der Waals surface area (Å²) in [5.41, 5.74) is 2.54. The molecule has 1 saturated carbocycles. The van der Waals surface area contributed by atoms with Gasteiger partial charge in [0.25, 0.3) is 5.91 Å². The maximum absolute atomic E-state index is 11.8. The van der Waals surface area contributed by atoms with Gasteiger partial charge in [-0.05, 0) is 36.6 Å². The predicted molar refractivity (Wildman–Crippen MR) is 78.4 cm³/mol. The van der Waals surface area contributed by atoms with E-state index in [2.05, 4.69) is 17.5 Å². The fourth-order valence-corrected chi connectivity index (χ4v) is 2.24. The van der Waals surface area contributed by atoms with Crippen molar-refractivity contribution in [1.29, 1.82) is 0 Å². The Kier molecular flexibility index (Phi) is 3.48. The number of hydrogen-bond acceptors (Lipinski definition) is 4. The number of hydrogen-bond donors (Lipinski definition) is 2. The molecule has 1 aromatic carbocycles. The molecule has 0 aliphatic heterocycles. The summed E-state index contributed by atoms with van der Waals surface area (Å²) in [6.45, 7) is 2.19. The molecule has 1 aliphatic carbocycles. The predicted octanol–water partition coefficient (Wildman–Crippen LogP) is 2.87. The van der Waals surface area contributed by atoms with Gasteiger partial charge in [-0.15, -0.1) is 0 Å². The number of amides is 1. The summed E-state index contributed by atoms with van der Waals surface area (Å²) in [7, 11) is 0. The molecule has 2 aromatic rings. The Bertz CT molecular complexity index is 690. The molecule has 108 valence electrons. The Hall–Kier alpha value is -2.56. The zero-order chi connectivity index (χ0) is 14.8. The molecular weight excluding hydrogens is 268 g/mol. The molecule has 3 rings (SSSR count). The van der Waals surface area contributed by atoms with Gasteiger partial charge in [-0.25, -0.2) is 5.43 Å². The third kappa shape index (κ3) is 2.97. The zero-order valence-electron chi connectivity index (χ0n) is 11.6. The number of nitrogens with zero attached hydrogens (tertiary/aromatic N) is 1. The third-order valence-corrected chi connectivity index (χ3v) is 3.63. The first-order valence-electron chi connectivity index (χ1n) is 6.86. The number of aromatic hydroxyl groups is 1. The summed E-state index contributed by atoms with van der Waals surface area (Å²) >= 11 is 0. The van der Waals surface area contributed by atoms with Gasteiger partial charge in [0.1, 0.15) is 17.3 Å². The van der Waals surface area contributed by atoms with Crippen molar-refractivity contribution in [3.05, 3.63) is 53.5 Å². The van der Waals surface area contributed by atoms with Gasteiger partial charge >= 0.3 is 0 Å². The summed E-state index contributed by atoms with van der Waals surface area (Å²) in [5.74, 6) is 2.22. The summed E-state index contributed by atoms with van der Waals surface area (Å²) < 4.78 is 5.64. The summed E-state index contributed by atoms with van der Waals surface area (Å²) in [6, 6.07) is 10.1. The van der Waals surface area contributed by atoms with Crippen LogP contribution >= 0.6 is 0 Å². The number of para-hydroxylation sites is 1. The molecule has 1 aromatic heterocycles. The highest BCUT2D eigenvalue weighted by molar-refractivity contribution is 5.97. The molecule has 0 spiro atoms. The van der Waals surface area contributed by atoms with Crippen LogP contribution in [0.5, 0.6) is 5.75 Å². The van der Waals surface area contributed by atoms with Gasteiger partial charge in [0.2, 0.25) is 0 Å². The minimum absolute atomic E-state index is 0.0757. The fourth-order valence-electron chi connectivity index (χ4n) is 2.24. The second-order valence-electron chi connectivity index (χ2n) is 5.28. The van der Waals surface area contributed by atoms with Crippen molar-refractivity contribution in [2.75, 3.05) is 0 Å². The first kappa shape index (κ1) is 13.4. The van der Waals surface area contributed by atoms with E-state index in [0.717, 1.165) is 12.2 Å². The summed E-state index contributed by atoms with van der Waals surface area (Å²) in [5, 5.41) is 13.4. The van der Waals surface area contributed by atoms with E-state index in [-0.39, 0.29) is 11.3 Å². The normalized spacial score (nSPS) is 20.6. The largest absolute Gasteiger partial charge is 0.507 e. The van der Waals surface area contributed by atoms with Gasteiger partial charge < -0.3 is 9.52 Å². The highest BCUT2D eigenvalue weighted by atomic mass is 16.3. The molecule has 0 saturated heterocycles. The molecule has 0 radical (unpaired) electrons. The number of phenolic OH excluding ortho intramolecular Hbond substituents is 1. The SMILES string of the molecule is C[C@H]1C[C@H]1c1ccc(/C=N\NC(=O)c2ccccc2O)o1. The highest BCUT2D eigenvalue weighted by Gasteiger charge is 2.36. The number of carbonyl (C=O) groups excluding carboxylic acids is 1. The first-order chi connectivity index (χ1) is 10.1. The molecular formula is C16H16N2O3. The Labute approximate surface area is 122 Å².